The van der Waals surface area contributed by atoms with E-state index < -0.39 is 0 Å². The van der Waals surface area contributed by atoms with Crippen molar-refractivity contribution in [1.29, 1.82) is 0 Å². The van der Waals surface area contributed by atoms with Crippen LogP contribution in [-0.2, 0) is 22.4 Å². The second-order valence-corrected chi connectivity index (χ2v) is 8.57. The highest BCUT2D eigenvalue weighted by Gasteiger charge is 2.27. The maximum absolute atomic E-state index is 12.7. The third-order valence-corrected chi connectivity index (χ3v) is 5.86. The second-order valence-electron chi connectivity index (χ2n) is 7.48. The Balaban J connectivity index is 1.47. The van der Waals surface area contributed by atoms with Crippen LogP contribution in [-0.4, -0.2) is 52.8 Å². The van der Waals surface area contributed by atoms with E-state index in [0.29, 0.717) is 29.8 Å². The van der Waals surface area contributed by atoms with Gasteiger partial charge in [0.1, 0.15) is 16.9 Å². The summed E-state index contributed by atoms with van der Waals surface area (Å²) in [6, 6.07) is 12.2. The highest BCUT2D eigenvalue weighted by molar-refractivity contribution is 7.15. The van der Waals surface area contributed by atoms with Gasteiger partial charge in [-0.1, -0.05) is 23.5 Å². The van der Waals surface area contributed by atoms with Gasteiger partial charge in [0, 0.05) is 12.2 Å². The molecule has 0 saturated carbocycles. The minimum absolute atomic E-state index is 0.00583. The molecule has 0 bridgehead atoms. The Morgan fingerprint density at radius 1 is 1.29 bits per heavy atom. The molecule has 2 aromatic heterocycles. The Bertz CT molecular complexity index is 1070. The number of aromatic nitrogens is 3. The van der Waals surface area contributed by atoms with Crippen LogP contribution in [0.2, 0.25) is 0 Å². The van der Waals surface area contributed by atoms with Crippen molar-refractivity contribution < 1.29 is 14.3 Å². The lowest BCUT2D eigenvalue weighted by Crippen LogP contribution is -2.43. The molecule has 1 atom stereocenters. The first-order valence-corrected chi connectivity index (χ1v) is 10.9. The molecule has 162 valence electrons. The number of nitrogens with two attached hydrogens (primary N) is 1. The van der Waals surface area contributed by atoms with Crippen molar-refractivity contribution in [2.45, 2.75) is 25.9 Å². The molecule has 1 fully saturated rings. The van der Waals surface area contributed by atoms with Gasteiger partial charge in [0.05, 0.1) is 32.4 Å². The van der Waals surface area contributed by atoms with E-state index in [1.165, 1.54) is 11.3 Å². The molecule has 8 nitrogen and oxygen atoms in total. The number of hydrogen-bond acceptors (Lipinski definition) is 8. The van der Waals surface area contributed by atoms with Crippen LogP contribution >= 0.6 is 11.3 Å². The number of nitrogen functional groups attached to an aromatic ring is 1. The Morgan fingerprint density at radius 2 is 2.16 bits per heavy atom. The predicted octanol–water partition coefficient (Wildman–Crippen LogP) is 2.57. The van der Waals surface area contributed by atoms with Crippen LogP contribution in [0.1, 0.15) is 33.6 Å². The zero-order chi connectivity index (χ0) is 21.8. The first kappa shape index (κ1) is 21.2. The molecule has 1 saturated heterocycles. The summed E-state index contributed by atoms with van der Waals surface area (Å²) in [5, 5.41) is 8.72. The van der Waals surface area contributed by atoms with Crippen molar-refractivity contribution in [1.82, 2.24) is 20.1 Å². The number of nitrogens with zero attached hydrogens (tertiary/aromatic N) is 4. The largest absolute Gasteiger partial charge is 0.497 e. The molecule has 2 N–H and O–H groups in total. The molecule has 3 aromatic rings. The summed E-state index contributed by atoms with van der Waals surface area (Å²) in [5.41, 5.74) is 9.69. The summed E-state index contributed by atoms with van der Waals surface area (Å²) in [6.45, 7) is 3.45. The van der Waals surface area contributed by atoms with E-state index in [2.05, 4.69) is 33.4 Å². The SMILES string of the molecule is COc1cccc(Cc2cc(C)nc([C@@H]3CN(C(=O)Cc4nnc(N)s4)CCO3)c2)c1. The number of hydrogen-bond donors (Lipinski definition) is 1. The number of benzene rings is 1. The zero-order valence-electron chi connectivity index (χ0n) is 17.6. The predicted molar refractivity (Wildman–Crippen MR) is 118 cm³/mol. The molecule has 1 aliphatic heterocycles. The molecular weight excluding hydrogens is 414 g/mol. The van der Waals surface area contributed by atoms with Crippen molar-refractivity contribution in [2.24, 2.45) is 0 Å². The number of methoxy groups -OCH3 is 1. The first-order valence-electron chi connectivity index (χ1n) is 10.1. The van der Waals surface area contributed by atoms with Crippen LogP contribution in [0.4, 0.5) is 5.13 Å². The van der Waals surface area contributed by atoms with E-state index in [9.17, 15) is 4.79 Å². The third kappa shape index (κ3) is 5.36. The normalized spacial score (nSPS) is 16.3. The standard InChI is InChI=1S/C22H25N5O3S/c1-14-8-16(9-15-4-3-5-17(10-15)29-2)11-18(24-14)19-13-27(6-7-30-19)21(28)12-20-25-26-22(23)31-20/h3-5,8,10-11,19H,6-7,9,12-13H2,1-2H3,(H2,23,26)/t19-/m0/s1. The van der Waals surface area contributed by atoms with Crippen LogP contribution in [0.3, 0.4) is 0 Å². The van der Waals surface area contributed by atoms with Crippen molar-refractivity contribution in [3.05, 3.63) is 63.9 Å². The van der Waals surface area contributed by atoms with Gasteiger partial charge in [-0.3, -0.25) is 9.78 Å². The summed E-state index contributed by atoms with van der Waals surface area (Å²) < 4.78 is 11.3. The molecule has 0 spiro atoms. The quantitative estimate of drug-likeness (QED) is 0.629. The molecule has 4 rings (SSSR count). The third-order valence-electron chi connectivity index (χ3n) is 5.11. The number of aryl methyl sites for hydroxylation is 1. The summed E-state index contributed by atoms with van der Waals surface area (Å²) in [5.74, 6) is 0.833. The van der Waals surface area contributed by atoms with Gasteiger partial charge in [-0.2, -0.15) is 0 Å². The van der Waals surface area contributed by atoms with Crippen molar-refractivity contribution >= 4 is 22.4 Å². The van der Waals surface area contributed by atoms with Gasteiger partial charge in [0.25, 0.3) is 0 Å². The molecule has 0 unspecified atom stereocenters. The van der Waals surface area contributed by atoms with Crippen LogP contribution in [0.5, 0.6) is 5.75 Å². The Morgan fingerprint density at radius 3 is 2.94 bits per heavy atom. The summed E-state index contributed by atoms with van der Waals surface area (Å²) in [6.07, 6.45) is 0.701. The molecule has 1 aliphatic rings. The van der Waals surface area contributed by atoms with E-state index in [1.54, 1.807) is 12.0 Å². The number of amides is 1. The molecule has 1 amide bonds. The lowest BCUT2D eigenvalue weighted by Gasteiger charge is -2.33. The van der Waals surface area contributed by atoms with Gasteiger partial charge in [-0.25, -0.2) is 0 Å². The topological polar surface area (TPSA) is 103 Å². The Hall–Kier alpha value is -3.04. The Kier molecular flexibility index (Phi) is 6.43. The van der Waals surface area contributed by atoms with Gasteiger partial charge in [-0.15, -0.1) is 10.2 Å². The highest BCUT2D eigenvalue weighted by Crippen LogP contribution is 2.25. The van der Waals surface area contributed by atoms with Crippen molar-refractivity contribution in [2.75, 3.05) is 32.5 Å². The van der Waals surface area contributed by atoms with Gasteiger partial charge >= 0.3 is 0 Å². The van der Waals surface area contributed by atoms with Gasteiger partial charge in [0.2, 0.25) is 11.0 Å². The number of carbonyl (C=O) groups is 1. The van der Waals surface area contributed by atoms with E-state index in [-0.39, 0.29) is 18.4 Å². The van der Waals surface area contributed by atoms with Crippen LogP contribution < -0.4 is 10.5 Å². The fourth-order valence-electron chi connectivity index (χ4n) is 3.69. The van der Waals surface area contributed by atoms with Crippen molar-refractivity contribution in [3.63, 3.8) is 0 Å². The van der Waals surface area contributed by atoms with Gasteiger partial charge < -0.3 is 20.1 Å². The molecule has 3 heterocycles. The minimum Gasteiger partial charge on any atom is -0.497 e. The zero-order valence-corrected chi connectivity index (χ0v) is 18.4. The first-order chi connectivity index (χ1) is 15.0. The molecule has 1 aromatic carbocycles. The molecule has 9 heteroatoms. The lowest BCUT2D eigenvalue weighted by atomic mass is 10.0. The van der Waals surface area contributed by atoms with Crippen LogP contribution in [0.25, 0.3) is 0 Å². The Labute approximate surface area is 185 Å². The monoisotopic (exact) mass is 439 g/mol. The lowest BCUT2D eigenvalue weighted by molar-refractivity contribution is -0.138. The molecule has 0 aliphatic carbocycles. The number of pyridine rings is 1. The van der Waals surface area contributed by atoms with Gasteiger partial charge in [0.15, 0.2) is 0 Å². The number of morpholine rings is 1. The maximum Gasteiger partial charge on any atom is 0.229 e. The van der Waals surface area contributed by atoms with Crippen LogP contribution in [0, 0.1) is 6.92 Å². The second kappa shape index (κ2) is 9.40. The average Bonchev–Trinajstić information content (AvgIpc) is 3.18. The summed E-state index contributed by atoms with van der Waals surface area (Å²) in [7, 11) is 1.67. The smallest absolute Gasteiger partial charge is 0.229 e. The van der Waals surface area contributed by atoms with E-state index >= 15 is 0 Å². The summed E-state index contributed by atoms with van der Waals surface area (Å²) in [4.78, 5) is 19.2. The van der Waals surface area contributed by atoms with E-state index in [0.717, 1.165) is 34.7 Å². The maximum atomic E-state index is 12.7. The minimum atomic E-state index is -0.263. The average molecular weight is 440 g/mol. The van der Waals surface area contributed by atoms with Gasteiger partial charge in [-0.05, 0) is 48.7 Å². The highest BCUT2D eigenvalue weighted by atomic mass is 32.1. The van der Waals surface area contributed by atoms with E-state index in [1.807, 2.05) is 25.1 Å². The van der Waals surface area contributed by atoms with E-state index in [4.69, 9.17) is 15.2 Å². The fraction of sp³-hybridized carbons (Fsp3) is 0.364. The molecule has 31 heavy (non-hydrogen) atoms. The molecular formula is C22H25N5O3S. The summed E-state index contributed by atoms with van der Waals surface area (Å²) >= 11 is 1.24. The van der Waals surface area contributed by atoms with Crippen molar-refractivity contribution in [3.8, 4) is 5.75 Å². The number of carbonyl (C=O) groups excluding carboxylic acids is 1. The fourth-order valence-corrected chi connectivity index (χ4v) is 4.29. The number of rotatable bonds is 6. The molecule has 0 radical (unpaired) electrons. The number of anilines is 1. The van der Waals surface area contributed by atoms with Crippen LogP contribution in [0.15, 0.2) is 36.4 Å². The number of ether oxygens (including phenoxy) is 2.